The fourth-order valence-electron chi connectivity index (χ4n) is 1.07. The van der Waals surface area contributed by atoms with E-state index in [4.69, 9.17) is 10.8 Å². The molecule has 0 aliphatic rings. The largest absolute Gasteiger partial charge is 0.478 e. The van der Waals surface area contributed by atoms with Crippen LogP contribution < -0.4 is 5.73 Å². The number of aromatic carboxylic acids is 1. The van der Waals surface area contributed by atoms with Gasteiger partial charge in [0.1, 0.15) is 0 Å². The molecule has 0 spiro atoms. The summed E-state index contributed by atoms with van der Waals surface area (Å²) >= 11 is 0. The monoisotopic (exact) mass is 193 g/mol. The minimum atomic E-state index is -0.993. The summed E-state index contributed by atoms with van der Waals surface area (Å²) in [6, 6.07) is 5.30. The Hall–Kier alpha value is -1.68. The van der Waals surface area contributed by atoms with Crippen LogP contribution in [0.5, 0.6) is 0 Å². The molecule has 0 heterocycles. The zero-order chi connectivity index (χ0) is 10.7. The third kappa shape index (κ3) is 2.17. The van der Waals surface area contributed by atoms with Gasteiger partial charge in [0, 0.05) is 0 Å². The van der Waals surface area contributed by atoms with Crippen LogP contribution in [0, 0.1) is 0 Å². The zero-order valence-electron chi connectivity index (χ0n) is 7.73. The molecule has 1 aromatic rings. The second-order valence-corrected chi connectivity index (χ2v) is 3.02. The van der Waals surface area contributed by atoms with Crippen LogP contribution in [0.2, 0.25) is 0 Å². The highest BCUT2D eigenvalue weighted by molar-refractivity contribution is 5.88. The molecule has 0 aliphatic heterocycles. The van der Waals surface area contributed by atoms with Crippen molar-refractivity contribution in [2.45, 2.75) is 13.0 Å². The van der Waals surface area contributed by atoms with Gasteiger partial charge in [0.25, 0.3) is 0 Å². The van der Waals surface area contributed by atoms with Crippen LogP contribution in [-0.4, -0.2) is 16.9 Å². The van der Waals surface area contributed by atoms with Crippen molar-refractivity contribution in [2.24, 2.45) is 5.73 Å². The smallest absolute Gasteiger partial charge is 0.335 e. The Labute approximate surface area is 81.3 Å². The zero-order valence-corrected chi connectivity index (χ0v) is 7.73. The van der Waals surface area contributed by atoms with Crippen molar-refractivity contribution in [1.82, 2.24) is 0 Å². The number of benzene rings is 1. The minimum Gasteiger partial charge on any atom is -0.478 e. The summed E-state index contributed by atoms with van der Waals surface area (Å²) < 4.78 is 0. The number of ketones is 1. The van der Waals surface area contributed by atoms with Gasteiger partial charge < -0.3 is 10.8 Å². The molecule has 3 N–H and O–H groups in total. The van der Waals surface area contributed by atoms with Crippen LogP contribution in [0.25, 0.3) is 0 Å². The Bertz CT molecular complexity index is 356. The van der Waals surface area contributed by atoms with E-state index >= 15 is 0 Å². The summed E-state index contributed by atoms with van der Waals surface area (Å²) in [5.74, 6) is -1.14. The van der Waals surface area contributed by atoms with E-state index in [2.05, 4.69) is 0 Å². The second kappa shape index (κ2) is 4.02. The molecule has 1 atom stereocenters. The van der Waals surface area contributed by atoms with Gasteiger partial charge in [0.05, 0.1) is 11.6 Å². The van der Waals surface area contributed by atoms with E-state index in [1.165, 1.54) is 19.1 Å². The summed E-state index contributed by atoms with van der Waals surface area (Å²) in [5.41, 5.74) is 6.38. The SMILES string of the molecule is CC(=O)C(N)c1ccc(C(=O)O)cc1. The highest BCUT2D eigenvalue weighted by Crippen LogP contribution is 2.12. The Kier molecular flexibility index (Phi) is 2.99. The quantitative estimate of drug-likeness (QED) is 0.749. The first kappa shape index (κ1) is 10.4. The van der Waals surface area contributed by atoms with E-state index in [-0.39, 0.29) is 11.3 Å². The molecule has 1 unspecified atom stereocenters. The Morgan fingerprint density at radius 1 is 1.29 bits per heavy atom. The molecule has 0 radical (unpaired) electrons. The van der Waals surface area contributed by atoms with E-state index in [9.17, 15) is 9.59 Å². The lowest BCUT2D eigenvalue weighted by Gasteiger charge is -2.07. The number of hydrogen-bond donors (Lipinski definition) is 2. The number of carboxylic acid groups (broad SMARTS) is 1. The van der Waals surface area contributed by atoms with Gasteiger partial charge in [-0.15, -0.1) is 0 Å². The lowest BCUT2D eigenvalue weighted by atomic mass is 10.0. The van der Waals surface area contributed by atoms with Crippen molar-refractivity contribution >= 4 is 11.8 Å². The van der Waals surface area contributed by atoms with Crippen LogP contribution in [0.4, 0.5) is 0 Å². The summed E-state index contributed by atoms with van der Waals surface area (Å²) in [7, 11) is 0. The average Bonchev–Trinajstić information content (AvgIpc) is 2.16. The lowest BCUT2D eigenvalue weighted by Crippen LogP contribution is -2.18. The number of hydrogen-bond acceptors (Lipinski definition) is 3. The number of rotatable bonds is 3. The Morgan fingerprint density at radius 3 is 2.14 bits per heavy atom. The van der Waals surface area contributed by atoms with Crippen molar-refractivity contribution in [2.75, 3.05) is 0 Å². The molecule has 4 nitrogen and oxygen atoms in total. The van der Waals surface area contributed by atoms with Gasteiger partial charge in [0.2, 0.25) is 0 Å². The van der Waals surface area contributed by atoms with Crippen molar-refractivity contribution in [3.8, 4) is 0 Å². The first-order chi connectivity index (χ1) is 6.52. The van der Waals surface area contributed by atoms with Gasteiger partial charge in [0.15, 0.2) is 5.78 Å². The molecule has 0 bridgehead atoms. The molecule has 0 amide bonds. The maximum absolute atomic E-state index is 10.9. The fourth-order valence-corrected chi connectivity index (χ4v) is 1.07. The number of carboxylic acids is 1. The first-order valence-corrected chi connectivity index (χ1v) is 4.11. The van der Waals surface area contributed by atoms with Crippen LogP contribution in [0.3, 0.4) is 0 Å². The van der Waals surface area contributed by atoms with E-state index in [1.54, 1.807) is 12.1 Å². The molecule has 0 aliphatic carbocycles. The molecule has 1 rings (SSSR count). The molecule has 74 valence electrons. The molecule has 0 aromatic heterocycles. The molecule has 0 fully saturated rings. The van der Waals surface area contributed by atoms with Crippen molar-refractivity contribution in [1.29, 1.82) is 0 Å². The van der Waals surface area contributed by atoms with E-state index in [0.29, 0.717) is 5.56 Å². The van der Waals surface area contributed by atoms with Gasteiger partial charge in [-0.3, -0.25) is 4.79 Å². The minimum absolute atomic E-state index is 0.145. The Balaban J connectivity index is 2.94. The van der Waals surface area contributed by atoms with Gasteiger partial charge in [-0.25, -0.2) is 4.79 Å². The van der Waals surface area contributed by atoms with Crippen LogP contribution >= 0.6 is 0 Å². The maximum Gasteiger partial charge on any atom is 0.335 e. The fraction of sp³-hybridized carbons (Fsp3) is 0.200. The highest BCUT2D eigenvalue weighted by Gasteiger charge is 2.11. The number of nitrogens with two attached hydrogens (primary N) is 1. The average molecular weight is 193 g/mol. The first-order valence-electron chi connectivity index (χ1n) is 4.11. The molecular weight excluding hydrogens is 182 g/mol. The molecule has 14 heavy (non-hydrogen) atoms. The summed E-state index contributed by atoms with van der Waals surface area (Å²) in [6.45, 7) is 1.40. The van der Waals surface area contributed by atoms with Crippen molar-refractivity contribution in [3.05, 3.63) is 35.4 Å². The van der Waals surface area contributed by atoms with Crippen molar-refractivity contribution in [3.63, 3.8) is 0 Å². The third-order valence-electron chi connectivity index (χ3n) is 1.95. The predicted octanol–water partition coefficient (Wildman–Crippen LogP) is 0.974. The van der Waals surface area contributed by atoms with Crippen LogP contribution in [0.1, 0.15) is 28.9 Å². The molecule has 0 saturated heterocycles. The normalized spacial score (nSPS) is 12.1. The molecule has 4 heteroatoms. The molecule has 1 aromatic carbocycles. The molecule has 0 saturated carbocycles. The number of carbonyl (C=O) groups is 2. The lowest BCUT2D eigenvalue weighted by molar-refractivity contribution is -0.118. The molecular formula is C10H11NO3. The maximum atomic E-state index is 10.9. The van der Waals surface area contributed by atoms with E-state index in [0.717, 1.165) is 0 Å². The van der Waals surface area contributed by atoms with Crippen LogP contribution in [-0.2, 0) is 4.79 Å². The number of carbonyl (C=O) groups excluding carboxylic acids is 1. The van der Waals surface area contributed by atoms with Gasteiger partial charge in [-0.2, -0.15) is 0 Å². The Morgan fingerprint density at radius 2 is 1.79 bits per heavy atom. The van der Waals surface area contributed by atoms with Crippen molar-refractivity contribution < 1.29 is 14.7 Å². The number of Topliss-reactive ketones (excluding diaryl/α,β-unsaturated/α-hetero) is 1. The third-order valence-corrected chi connectivity index (χ3v) is 1.95. The van der Waals surface area contributed by atoms with E-state index in [1.807, 2.05) is 0 Å². The topological polar surface area (TPSA) is 80.4 Å². The van der Waals surface area contributed by atoms with E-state index < -0.39 is 12.0 Å². The van der Waals surface area contributed by atoms with Gasteiger partial charge >= 0.3 is 5.97 Å². The van der Waals surface area contributed by atoms with Gasteiger partial charge in [-0.05, 0) is 24.6 Å². The standard InChI is InChI=1S/C10H11NO3/c1-6(12)9(11)7-2-4-8(5-3-7)10(13)14/h2-5,9H,11H2,1H3,(H,13,14). The summed E-state index contributed by atoms with van der Waals surface area (Å²) in [4.78, 5) is 21.4. The highest BCUT2D eigenvalue weighted by atomic mass is 16.4. The summed E-state index contributed by atoms with van der Waals surface area (Å²) in [6.07, 6.45) is 0. The predicted molar refractivity (Wildman–Crippen MR) is 51.0 cm³/mol. The summed E-state index contributed by atoms with van der Waals surface area (Å²) in [5, 5.41) is 8.63. The van der Waals surface area contributed by atoms with Crippen LogP contribution in [0.15, 0.2) is 24.3 Å². The van der Waals surface area contributed by atoms with Gasteiger partial charge in [-0.1, -0.05) is 12.1 Å². The second-order valence-electron chi connectivity index (χ2n) is 3.02.